The number of hydrogen-bond donors (Lipinski definition) is 1. The van der Waals surface area contributed by atoms with Gasteiger partial charge in [0.25, 0.3) is 0 Å². The van der Waals surface area contributed by atoms with Gasteiger partial charge in [-0.2, -0.15) is 5.10 Å². The second-order valence-corrected chi connectivity index (χ2v) is 6.92. The second kappa shape index (κ2) is 8.64. The predicted molar refractivity (Wildman–Crippen MR) is 104 cm³/mol. The van der Waals surface area contributed by atoms with Crippen LogP contribution in [-0.4, -0.2) is 27.2 Å². The molecular weight excluding hydrogens is 365 g/mol. The van der Waals surface area contributed by atoms with Crippen molar-refractivity contribution in [2.75, 3.05) is 11.1 Å². The molecule has 0 aliphatic rings. The smallest absolute Gasteiger partial charge is 0.235 e. The Balaban J connectivity index is 1.59. The van der Waals surface area contributed by atoms with Crippen LogP contribution < -0.4 is 5.32 Å². The van der Waals surface area contributed by atoms with Crippen LogP contribution in [0.2, 0.25) is 0 Å². The van der Waals surface area contributed by atoms with Gasteiger partial charge < -0.3 is 5.32 Å². The molecule has 3 rings (SSSR count). The average molecular weight is 383 g/mol. The van der Waals surface area contributed by atoms with Crippen molar-refractivity contribution in [3.05, 3.63) is 77.7 Å². The number of benzene rings is 2. The first kappa shape index (κ1) is 18.8. The van der Waals surface area contributed by atoms with E-state index in [1.54, 1.807) is 23.0 Å². The zero-order valence-corrected chi connectivity index (χ0v) is 15.5. The summed E-state index contributed by atoms with van der Waals surface area (Å²) in [5.74, 6) is -0.335. The number of halogens is 1. The molecule has 1 amide bonds. The number of aromatic nitrogens is 2. The number of nitrogens with one attached hydrogen (secondary N) is 1. The van der Waals surface area contributed by atoms with Crippen LogP contribution in [0.25, 0.3) is 0 Å². The van der Waals surface area contributed by atoms with Crippen molar-refractivity contribution in [2.45, 2.75) is 18.4 Å². The number of thioether (sulfide) groups is 1. The van der Waals surface area contributed by atoms with Crippen LogP contribution in [-0.2, 0) is 11.3 Å². The molecule has 0 saturated carbocycles. The fraction of sp³-hybridized carbons (Fsp3) is 0.150. The Hall–Kier alpha value is -2.93. The lowest BCUT2D eigenvalue weighted by Crippen LogP contribution is -2.18. The number of Topliss-reactive ketones (excluding diaryl/α,β-unsaturated/α-hetero) is 1. The lowest BCUT2D eigenvalue weighted by Gasteiger charge is -2.09. The first-order valence-corrected chi connectivity index (χ1v) is 9.30. The van der Waals surface area contributed by atoms with E-state index in [9.17, 15) is 14.0 Å². The minimum absolute atomic E-state index is 0.0485. The molecule has 0 fully saturated rings. The highest BCUT2D eigenvalue weighted by molar-refractivity contribution is 8.00. The lowest BCUT2D eigenvalue weighted by atomic mass is 10.1. The summed E-state index contributed by atoms with van der Waals surface area (Å²) < 4.78 is 15.7. The van der Waals surface area contributed by atoms with E-state index in [4.69, 9.17) is 0 Å². The predicted octanol–water partition coefficient (Wildman–Crippen LogP) is 4.00. The minimum Gasteiger partial charge on any atom is -0.310 e. The van der Waals surface area contributed by atoms with E-state index in [0.717, 1.165) is 17.3 Å². The van der Waals surface area contributed by atoms with Gasteiger partial charge in [0.2, 0.25) is 5.91 Å². The summed E-state index contributed by atoms with van der Waals surface area (Å²) in [4.78, 5) is 23.8. The van der Waals surface area contributed by atoms with E-state index >= 15 is 0 Å². The van der Waals surface area contributed by atoms with E-state index in [1.165, 1.54) is 19.1 Å². The van der Waals surface area contributed by atoms with Crippen molar-refractivity contribution in [2.24, 2.45) is 0 Å². The van der Waals surface area contributed by atoms with Crippen LogP contribution in [0.4, 0.5) is 10.2 Å². The number of rotatable bonds is 7. The summed E-state index contributed by atoms with van der Waals surface area (Å²) in [5, 5.41) is 7.02. The molecule has 0 atom stereocenters. The van der Waals surface area contributed by atoms with Gasteiger partial charge in [0.15, 0.2) is 5.78 Å². The standard InChI is InChI=1S/C20H18FN3O2S/c1-14(25)16-7-8-18(17(21)11-16)27-13-20(26)23-19-9-10-22-24(19)12-15-5-3-2-4-6-15/h2-11H,12-13H2,1H3,(H,23,26). The number of hydrogen-bond acceptors (Lipinski definition) is 4. The quantitative estimate of drug-likeness (QED) is 0.495. The summed E-state index contributed by atoms with van der Waals surface area (Å²) in [5.41, 5.74) is 1.38. The number of carbonyl (C=O) groups is 2. The highest BCUT2D eigenvalue weighted by atomic mass is 32.2. The van der Waals surface area contributed by atoms with Crippen molar-refractivity contribution in [3.8, 4) is 0 Å². The van der Waals surface area contributed by atoms with Crippen molar-refractivity contribution in [1.82, 2.24) is 9.78 Å². The maximum absolute atomic E-state index is 14.0. The van der Waals surface area contributed by atoms with E-state index in [-0.39, 0.29) is 17.4 Å². The number of ketones is 1. The van der Waals surface area contributed by atoms with E-state index in [1.807, 2.05) is 30.3 Å². The molecule has 1 aromatic heterocycles. The average Bonchev–Trinajstić information content (AvgIpc) is 3.08. The topological polar surface area (TPSA) is 64.0 Å². The Morgan fingerprint density at radius 3 is 2.63 bits per heavy atom. The van der Waals surface area contributed by atoms with Gasteiger partial charge in [0, 0.05) is 16.5 Å². The highest BCUT2D eigenvalue weighted by Crippen LogP contribution is 2.23. The summed E-state index contributed by atoms with van der Waals surface area (Å²) in [6.07, 6.45) is 1.62. The number of anilines is 1. The highest BCUT2D eigenvalue weighted by Gasteiger charge is 2.11. The third-order valence-corrected chi connectivity index (χ3v) is 4.90. The maximum atomic E-state index is 14.0. The Bertz CT molecular complexity index is 957. The molecule has 138 valence electrons. The van der Waals surface area contributed by atoms with Gasteiger partial charge in [0.05, 0.1) is 18.5 Å². The third-order valence-electron chi connectivity index (χ3n) is 3.86. The third kappa shape index (κ3) is 5.04. The Kier molecular flexibility index (Phi) is 6.03. The first-order valence-electron chi connectivity index (χ1n) is 8.32. The lowest BCUT2D eigenvalue weighted by molar-refractivity contribution is -0.113. The molecule has 2 aromatic carbocycles. The fourth-order valence-corrected chi connectivity index (χ4v) is 3.20. The molecule has 7 heteroatoms. The van der Waals surface area contributed by atoms with Crippen LogP contribution in [0.15, 0.2) is 65.7 Å². The molecule has 0 aliphatic heterocycles. The molecule has 0 radical (unpaired) electrons. The van der Waals surface area contributed by atoms with Crippen molar-refractivity contribution in [1.29, 1.82) is 0 Å². The van der Waals surface area contributed by atoms with E-state index < -0.39 is 5.82 Å². The SMILES string of the molecule is CC(=O)c1ccc(SCC(=O)Nc2ccnn2Cc2ccccc2)c(F)c1. The van der Waals surface area contributed by atoms with Crippen molar-refractivity contribution >= 4 is 29.3 Å². The number of nitrogens with zero attached hydrogens (tertiary/aromatic N) is 2. The van der Waals surface area contributed by atoms with Crippen LogP contribution in [0.5, 0.6) is 0 Å². The van der Waals surface area contributed by atoms with Crippen molar-refractivity contribution < 1.29 is 14.0 Å². The minimum atomic E-state index is -0.505. The molecule has 1 N–H and O–H groups in total. The fourth-order valence-electron chi connectivity index (χ4n) is 2.48. The summed E-state index contributed by atoms with van der Waals surface area (Å²) in [6, 6.07) is 15.8. The molecule has 27 heavy (non-hydrogen) atoms. The van der Waals surface area contributed by atoms with E-state index in [2.05, 4.69) is 10.4 Å². The summed E-state index contributed by atoms with van der Waals surface area (Å²) in [7, 11) is 0. The van der Waals surface area contributed by atoms with Gasteiger partial charge in [-0.3, -0.25) is 9.59 Å². The van der Waals surface area contributed by atoms with Crippen LogP contribution >= 0.6 is 11.8 Å². The zero-order chi connectivity index (χ0) is 19.2. The van der Waals surface area contributed by atoms with Gasteiger partial charge in [-0.25, -0.2) is 9.07 Å². The van der Waals surface area contributed by atoms with Crippen LogP contribution in [0, 0.1) is 5.82 Å². The molecule has 0 aliphatic carbocycles. The van der Waals surface area contributed by atoms with Gasteiger partial charge in [-0.15, -0.1) is 11.8 Å². The van der Waals surface area contributed by atoms with Gasteiger partial charge in [-0.1, -0.05) is 36.4 Å². The molecular formula is C20H18FN3O2S. The zero-order valence-electron chi connectivity index (χ0n) is 14.7. The molecule has 0 bridgehead atoms. The monoisotopic (exact) mass is 383 g/mol. The Morgan fingerprint density at radius 2 is 1.93 bits per heavy atom. The summed E-state index contributed by atoms with van der Waals surface area (Å²) in [6.45, 7) is 1.92. The molecule has 5 nitrogen and oxygen atoms in total. The Morgan fingerprint density at radius 1 is 1.15 bits per heavy atom. The van der Waals surface area contributed by atoms with Crippen LogP contribution in [0.3, 0.4) is 0 Å². The van der Waals surface area contributed by atoms with Gasteiger partial charge in [-0.05, 0) is 24.6 Å². The van der Waals surface area contributed by atoms with Crippen LogP contribution in [0.1, 0.15) is 22.8 Å². The maximum Gasteiger partial charge on any atom is 0.235 e. The molecule has 0 saturated heterocycles. The molecule has 3 aromatic rings. The molecule has 0 spiro atoms. The normalized spacial score (nSPS) is 10.6. The number of amides is 1. The van der Waals surface area contributed by atoms with Gasteiger partial charge >= 0.3 is 0 Å². The summed E-state index contributed by atoms with van der Waals surface area (Å²) >= 11 is 1.08. The Labute approximate surface area is 160 Å². The largest absolute Gasteiger partial charge is 0.310 e. The molecule has 0 unspecified atom stereocenters. The molecule has 1 heterocycles. The first-order chi connectivity index (χ1) is 13.0. The van der Waals surface area contributed by atoms with E-state index in [0.29, 0.717) is 22.8 Å². The number of carbonyl (C=O) groups excluding carboxylic acids is 2. The second-order valence-electron chi connectivity index (χ2n) is 5.90. The van der Waals surface area contributed by atoms with Crippen molar-refractivity contribution in [3.63, 3.8) is 0 Å². The van der Waals surface area contributed by atoms with Gasteiger partial charge in [0.1, 0.15) is 11.6 Å².